The molecule has 142 valence electrons. The second-order valence-corrected chi connectivity index (χ2v) is 6.81. The number of rotatable bonds is 7. The van der Waals surface area contributed by atoms with Crippen molar-refractivity contribution in [2.75, 3.05) is 29.4 Å². The van der Waals surface area contributed by atoms with Crippen molar-refractivity contribution in [1.29, 1.82) is 0 Å². The molecule has 1 rings (SSSR count). The number of nitrogens with one attached hydrogen (secondary N) is 3. The first-order valence-electron chi connectivity index (χ1n) is 6.69. The number of carbonyl (C=O) groups excluding carboxylic acids is 2. The standard InChI is InChI=1S/C13H18F2N4O4S.ClH/c1-8(20)18-9-3-4-11(19-24(2,22)23)10(5-9)12(21)17-7-13(14,15)6-16;/h3-5,19H,6-7,16H2,1-2H3,(H,17,21)(H,18,20);1H. The fourth-order valence-corrected chi connectivity index (χ4v) is 2.26. The van der Waals surface area contributed by atoms with Crippen LogP contribution in [0.25, 0.3) is 0 Å². The van der Waals surface area contributed by atoms with Crippen molar-refractivity contribution in [2.45, 2.75) is 12.8 Å². The third kappa shape index (κ3) is 8.09. The Morgan fingerprint density at radius 1 is 1.28 bits per heavy atom. The summed E-state index contributed by atoms with van der Waals surface area (Å²) in [6.07, 6.45) is 0.874. The number of hydrogen-bond donors (Lipinski definition) is 4. The second-order valence-electron chi connectivity index (χ2n) is 5.06. The lowest BCUT2D eigenvalue weighted by Crippen LogP contribution is -2.41. The van der Waals surface area contributed by atoms with Gasteiger partial charge in [0.05, 0.1) is 30.6 Å². The molecule has 12 heteroatoms. The molecule has 1 aromatic carbocycles. The maximum absolute atomic E-state index is 13.1. The summed E-state index contributed by atoms with van der Waals surface area (Å²) in [4.78, 5) is 23.2. The molecule has 25 heavy (non-hydrogen) atoms. The van der Waals surface area contributed by atoms with Gasteiger partial charge in [0, 0.05) is 12.6 Å². The van der Waals surface area contributed by atoms with E-state index in [1.807, 2.05) is 5.32 Å². The lowest BCUT2D eigenvalue weighted by Gasteiger charge is -2.16. The van der Waals surface area contributed by atoms with Crippen LogP contribution < -0.4 is 21.1 Å². The number of alkyl halides is 2. The van der Waals surface area contributed by atoms with Crippen LogP contribution >= 0.6 is 12.4 Å². The lowest BCUT2D eigenvalue weighted by atomic mass is 10.1. The molecule has 0 radical (unpaired) electrons. The van der Waals surface area contributed by atoms with Gasteiger partial charge in [0.25, 0.3) is 11.8 Å². The highest BCUT2D eigenvalue weighted by molar-refractivity contribution is 7.92. The number of halogens is 3. The zero-order valence-electron chi connectivity index (χ0n) is 13.4. The third-order valence-electron chi connectivity index (χ3n) is 2.69. The van der Waals surface area contributed by atoms with E-state index in [4.69, 9.17) is 5.73 Å². The van der Waals surface area contributed by atoms with Crippen LogP contribution in [0.15, 0.2) is 18.2 Å². The van der Waals surface area contributed by atoms with Gasteiger partial charge in [0.2, 0.25) is 15.9 Å². The van der Waals surface area contributed by atoms with Gasteiger partial charge >= 0.3 is 0 Å². The second kappa shape index (κ2) is 8.92. The smallest absolute Gasteiger partial charge is 0.277 e. The van der Waals surface area contributed by atoms with Crippen molar-refractivity contribution in [2.24, 2.45) is 5.73 Å². The first-order chi connectivity index (χ1) is 10.9. The Morgan fingerprint density at radius 3 is 2.36 bits per heavy atom. The number of sulfonamides is 1. The highest BCUT2D eigenvalue weighted by Crippen LogP contribution is 2.22. The predicted molar refractivity (Wildman–Crippen MR) is 92.8 cm³/mol. The summed E-state index contributed by atoms with van der Waals surface area (Å²) in [6, 6.07) is 3.77. The van der Waals surface area contributed by atoms with E-state index in [0.717, 1.165) is 6.26 Å². The molecule has 0 heterocycles. The highest BCUT2D eigenvalue weighted by atomic mass is 35.5. The van der Waals surface area contributed by atoms with E-state index >= 15 is 0 Å². The summed E-state index contributed by atoms with van der Waals surface area (Å²) in [5.74, 6) is -4.66. The van der Waals surface area contributed by atoms with Gasteiger partial charge in [-0.15, -0.1) is 12.4 Å². The van der Waals surface area contributed by atoms with E-state index in [2.05, 4.69) is 10.0 Å². The minimum Gasteiger partial charge on any atom is -0.346 e. The summed E-state index contributed by atoms with van der Waals surface area (Å²) in [7, 11) is -3.70. The largest absolute Gasteiger partial charge is 0.346 e. The van der Waals surface area contributed by atoms with E-state index in [0.29, 0.717) is 0 Å². The summed E-state index contributed by atoms with van der Waals surface area (Å²) >= 11 is 0. The molecule has 0 spiro atoms. The molecule has 0 aliphatic rings. The van der Waals surface area contributed by atoms with Gasteiger partial charge < -0.3 is 16.4 Å². The van der Waals surface area contributed by atoms with E-state index < -0.39 is 40.8 Å². The lowest BCUT2D eigenvalue weighted by molar-refractivity contribution is -0.114. The van der Waals surface area contributed by atoms with Crippen molar-refractivity contribution in [3.63, 3.8) is 0 Å². The van der Waals surface area contributed by atoms with Crippen molar-refractivity contribution >= 4 is 45.6 Å². The molecular formula is C13H19ClF2N4O4S. The number of benzene rings is 1. The summed E-state index contributed by atoms with van der Waals surface area (Å²) in [5.41, 5.74) is 4.76. The van der Waals surface area contributed by atoms with Crippen LogP contribution in [0.4, 0.5) is 20.2 Å². The molecule has 0 saturated carbocycles. The maximum atomic E-state index is 13.1. The zero-order chi connectivity index (χ0) is 18.5. The van der Waals surface area contributed by atoms with Crippen molar-refractivity contribution in [1.82, 2.24) is 5.32 Å². The summed E-state index contributed by atoms with van der Waals surface area (Å²) in [6.45, 7) is -0.719. The molecule has 0 aliphatic carbocycles. The highest BCUT2D eigenvalue weighted by Gasteiger charge is 2.28. The Kier molecular flexibility index (Phi) is 8.22. The molecule has 0 aromatic heterocycles. The van der Waals surface area contributed by atoms with Gasteiger partial charge in [0.1, 0.15) is 0 Å². The monoisotopic (exact) mass is 400 g/mol. The van der Waals surface area contributed by atoms with Crippen LogP contribution in [0.1, 0.15) is 17.3 Å². The molecule has 1 aromatic rings. The molecule has 2 amide bonds. The van der Waals surface area contributed by atoms with Gasteiger partial charge in [-0.25, -0.2) is 17.2 Å². The molecule has 5 N–H and O–H groups in total. The molecule has 0 unspecified atom stereocenters. The fraction of sp³-hybridized carbons (Fsp3) is 0.385. The average Bonchev–Trinajstić information content (AvgIpc) is 2.44. The number of carbonyl (C=O) groups is 2. The Morgan fingerprint density at radius 2 is 1.88 bits per heavy atom. The first-order valence-corrected chi connectivity index (χ1v) is 8.58. The average molecular weight is 401 g/mol. The van der Waals surface area contributed by atoms with E-state index in [-0.39, 0.29) is 29.3 Å². The number of hydrogen-bond acceptors (Lipinski definition) is 5. The van der Waals surface area contributed by atoms with Gasteiger partial charge in [0.15, 0.2) is 0 Å². The van der Waals surface area contributed by atoms with Crippen LogP contribution in [-0.4, -0.2) is 45.5 Å². The fourth-order valence-electron chi connectivity index (χ4n) is 1.68. The molecule has 0 fully saturated rings. The SMILES string of the molecule is CC(=O)Nc1ccc(NS(C)(=O)=O)c(C(=O)NCC(F)(F)CN)c1.Cl. The van der Waals surface area contributed by atoms with Crippen molar-refractivity contribution in [3.05, 3.63) is 23.8 Å². The third-order valence-corrected chi connectivity index (χ3v) is 3.28. The molecule has 0 saturated heterocycles. The number of amides is 2. The van der Waals surface area contributed by atoms with Crippen LogP contribution in [0, 0.1) is 0 Å². The van der Waals surface area contributed by atoms with Crippen molar-refractivity contribution < 1.29 is 26.8 Å². The topological polar surface area (TPSA) is 130 Å². The molecule has 0 bridgehead atoms. The maximum Gasteiger partial charge on any atom is 0.277 e. The number of nitrogens with two attached hydrogens (primary N) is 1. The first kappa shape index (κ1) is 23.0. The minimum absolute atomic E-state index is 0. The number of anilines is 2. The Hall–Kier alpha value is -1.98. The van der Waals surface area contributed by atoms with Crippen LogP contribution in [0.2, 0.25) is 0 Å². The quantitative estimate of drug-likeness (QED) is 0.536. The van der Waals surface area contributed by atoms with Crippen LogP contribution in [0.3, 0.4) is 0 Å². The zero-order valence-corrected chi connectivity index (χ0v) is 15.1. The molecule has 0 atom stereocenters. The van der Waals surface area contributed by atoms with E-state index in [9.17, 15) is 26.8 Å². The van der Waals surface area contributed by atoms with Crippen LogP contribution in [0.5, 0.6) is 0 Å². The van der Waals surface area contributed by atoms with Gasteiger partial charge in [-0.1, -0.05) is 0 Å². The van der Waals surface area contributed by atoms with E-state index in [1.54, 1.807) is 0 Å². The Bertz CT molecular complexity index is 744. The molecule has 0 aliphatic heterocycles. The van der Waals surface area contributed by atoms with Crippen molar-refractivity contribution in [3.8, 4) is 0 Å². The van der Waals surface area contributed by atoms with Gasteiger partial charge in [-0.3, -0.25) is 14.3 Å². The van der Waals surface area contributed by atoms with Crippen LogP contribution in [-0.2, 0) is 14.8 Å². The normalized spacial score (nSPS) is 11.2. The summed E-state index contributed by atoms with van der Waals surface area (Å²) < 4.78 is 51.1. The molecular weight excluding hydrogens is 382 g/mol. The minimum atomic E-state index is -3.70. The molecule has 8 nitrogen and oxygen atoms in total. The Balaban J connectivity index is 0.00000576. The van der Waals surface area contributed by atoms with Gasteiger partial charge in [-0.2, -0.15) is 0 Å². The Labute approximate surface area is 150 Å². The summed E-state index contributed by atoms with van der Waals surface area (Å²) in [5, 5.41) is 4.39. The van der Waals surface area contributed by atoms with E-state index in [1.165, 1.54) is 25.1 Å². The predicted octanol–water partition coefficient (Wildman–Crippen LogP) is 0.762. The van der Waals surface area contributed by atoms with Gasteiger partial charge in [-0.05, 0) is 18.2 Å².